The standard InChI is InChI=1S/C7H7F3N4O/c8-7(9,10)3-14-6(15)4-1-13-5(11)2-12-4/h1-2H,3H2,(H2,11,13)(H,14,15). The summed E-state index contributed by atoms with van der Waals surface area (Å²) in [6.45, 7) is -1.40. The highest BCUT2D eigenvalue weighted by molar-refractivity contribution is 5.91. The molecule has 15 heavy (non-hydrogen) atoms. The maximum Gasteiger partial charge on any atom is 0.405 e. The molecule has 0 bridgehead atoms. The number of nitrogen functional groups attached to an aromatic ring is 1. The lowest BCUT2D eigenvalue weighted by Gasteiger charge is -2.07. The minimum Gasteiger partial charge on any atom is -0.382 e. The fraction of sp³-hybridized carbons (Fsp3) is 0.286. The molecule has 1 aromatic rings. The van der Waals surface area contributed by atoms with Gasteiger partial charge in [0.15, 0.2) is 0 Å². The topological polar surface area (TPSA) is 80.9 Å². The molecule has 1 rings (SSSR count). The van der Waals surface area contributed by atoms with Crippen LogP contribution in [-0.2, 0) is 0 Å². The second-order valence-electron chi connectivity index (χ2n) is 2.62. The van der Waals surface area contributed by atoms with Crippen LogP contribution in [-0.4, -0.2) is 28.6 Å². The Morgan fingerprint density at radius 3 is 2.53 bits per heavy atom. The minimum absolute atomic E-state index is 0.0855. The Hall–Kier alpha value is -1.86. The third kappa shape index (κ3) is 3.79. The highest BCUT2D eigenvalue weighted by atomic mass is 19.4. The van der Waals surface area contributed by atoms with E-state index >= 15 is 0 Å². The normalized spacial score (nSPS) is 11.1. The summed E-state index contributed by atoms with van der Waals surface area (Å²) in [6, 6.07) is 0. The SMILES string of the molecule is Nc1cnc(C(=O)NCC(F)(F)F)cn1. The van der Waals surface area contributed by atoms with Crippen molar-refractivity contribution in [2.24, 2.45) is 0 Å². The zero-order valence-electron chi connectivity index (χ0n) is 7.38. The van der Waals surface area contributed by atoms with Crippen LogP contribution in [0.25, 0.3) is 0 Å². The Labute approximate surface area is 82.5 Å². The molecule has 0 spiro atoms. The molecule has 0 aliphatic carbocycles. The second-order valence-corrected chi connectivity index (χ2v) is 2.62. The van der Waals surface area contributed by atoms with Crippen molar-refractivity contribution in [2.75, 3.05) is 12.3 Å². The summed E-state index contributed by atoms with van der Waals surface area (Å²) in [5.41, 5.74) is 4.97. The second kappa shape index (κ2) is 4.11. The average molecular weight is 220 g/mol. The Morgan fingerprint density at radius 2 is 2.07 bits per heavy atom. The Bertz CT molecular complexity index is 348. The van der Waals surface area contributed by atoms with Crippen molar-refractivity contribution in [2.45, 2.75) is 6.18 Å². The summed E-state index contributed by atoms with van der Waals surface area (Å²) in [6.07, 6.45) is -2.36. The van der Waals surface area contributed by atoms with E-state index in [1.807, 2.05) is 0 Å². The molecule has 5 nitrogen and oxygen atoms in total. The molecule has 1 amide bonds. The van der Waals surface area contributed by atoms with Gasteiger partial charge in [-0.25, -0.2) is 9.97 Å². The summed E-state index contributed by atoms with van der Waals surface area (Å²) in [7, 11) is 0. The fourth-order valence-electron chi connectivity index (χ4n) is 0.726. The largest absolute Gasteiger partial charge is 0.405 e. The van der Waals surface area contributed by atoms with Crippen LogP contribution in [0.1, 0.15) is 10.5 Å². The third-order valence-electron chi connectivity index (χ3n) is 1.35. The number of nitrogens with two attached hydrogens (primary N) is 1. The lowest BCUT2D eigenvalue weighted by Crippen LogP contribution is -2.34. The number of nitrogens with zero attached hydrogens (tertiary/aromatic N) is 2. The minimum atomic E-state index is -4.45. The van der Waals surface area contributed by atoms with Gasteiger partial charge in [0.25, 0.3) is 5.91 Å². The van der Waals surface area contributed by atoms with Gasteiger partial charge in [-0.2, -0.15) is 13.2 Å². The molecule has 82 valence electrons. The quantitative estimate of drug-likeness (QED) is 0.753. The number of alkyl halides is 3. The number of hydrogen-bond donors (Lipinski definition) is 2. The van der Waals surface area contributed by atoms with E-state index in [0.717, 1.165) is 12.4 Å². The lowest BCUT2D eigenvalue weighted by molar-refractivity contribution is -0.123. The van der Waals surface area contributed by atoms with Crippen LogP contribution in [0, 0.1) is 0 Å². The Morgan fingerprint density at radius 1 is 1.40 bits per heavy atom. The average Bonchev–Trinajstić information content (AvgIpc) is 2.14. The maximum atomic E-state index is 11.7. The molecule has 0 atom stereocenters. The van der Waals surface area contributed by atoms with Gasteiger partial charge in [0.1, 0.15) is 18.1 Å². The van der Waals surface area contributed by atoms with Gasteiger partial charge >= 0.3 is 6.18 Å². The van der Waals surface area contributed by atoms with Crippen LogP contribution in [0.3, 0.4) is 0 Å². The zero-order chi connectivity index (χ0) is 11.5. The number of anilines is 1. The molecule has 0 fully saturated rings. The van der Waals surface area contributed by atoms with Crippen molar-refractivity contribution in [3.63, 3.8) is 0 Å². The molecule has 0 saturated heterocycles. The maximum absolute atomic E-state index is 11.7. The van der Waals surface area contributed by atoms with Crippen molar-refractivity contribution >= 4 is 11.7 Å². The first kappa shape index (κ1) is 11.2. The van der Waals surface area contributed by atoms with Gasteiger partial charge in [-0.3, -0.25) is 4.79 Å². The van der Waals surface area contributed by atoms with Gasteiger partial charge < -0.3 is 11.1 Å². The highest BCUT2D eigenvalue weighted by Gasteiger charge is 2.28. The molecule has 8 heteroatoms. The predicted octanol–water partition coefficient (Wildman–Crippen LogP) is 0.351. The first-order valence-electron chi connectivity index (χ1n) is 3.81. The highest BCUT2D eigenvalue weighted by Crippen LogP contribution is 2.12. The Kier molecular flexibility index (Phi) is 3.08. The Balaban J connectivity index is 2.58. The number of halogens is 3. The number of rotatable bonds is 2. The van der Waals surface area contributed by atoms with E-state index in [1.165, 1.54) is 0 Å². The summed E-state index contributed by atoms with van der Waals surface area (Å²) in [5, 5.41) is 1.65. The van der Waals surface area contributed by atoms with Gasteiger partial charge in [-0.15, -0.1) is 0 Å². The molecule has 1 heterocycles. The van der Waals surface area contributed by atoms with Gasteiger partial charge in [-0.1, -0.05) is 0 Å². The van der Waals surface area contributed by atoms with E-state index < -0.39 is 18.6 Å². The first-order chi connectivity index (χ1) is 6.88. The molecular weight excluding hydrogens is 213 g/mol. The predicted molar refractivity (Wildman–Crippen MR) is 44.8 cm³/mol. The van der Waals surface area contributed by atoms with E-state index in [9.17, 15) is 18.0 Å². The van der Waals surface area contributed by atoms with Gasteiger partial charge in [0.05, 0.1) is 12.4 Å². The number of hydrogen-bond acceptors (Lipinski definition) is 4. The summed E-state index contributed by atoms with van der Waals surface area (Å²) in [4.78, 5) is 18.1. The molecule has 0 radical (unpaired) electrons. The van der Waals surface area contributed by atoms with Crippen LogP contribution in [0.15, 0.2) is 12.4 Å². The molecule has 0 saturated carbocycles. The molecule has 0 aromatic carbocycles. The zero-order valence-corrected chi connectivity index (χ0v) is 7.38. The number of nitrogens with one attached hydrogen (secondary N) is 1. The monoisotopic (exact) mass is 220 g/mol. The van der Waals surface area contributed by atoms with E-state index in [0.29, 0.717) is 0 Å². The van der Waals surface area contributed by atoms with Crippen LogP contribution >= 0.6 is 0 Å². The van der Waals surface area contributed by atoms with Crippen molar-refractivity contribution < 1.29 is 18.0 Å². The molecule has 0 unspecified atom stereocenters. The molecule has 0 aliphatic heterocycles. The fourth-order valence-corrected chi connectivity index (χ4v) is 0.726. The van der Waals surface area contributed by atoms with Crippen molar-refractivity contribution in [1.82, 2.24) is 15.3 Å². The first-order valence-corrected chi connectivity index (χ1v) is 3.81. The number of carbonyl (C=O) groups is 1. The van der Waals surface area contributed by atoms with Crippen LogP contribution in [0.4, 0.5) is 19.0 Å². The van der Waals surface area contributed by atoms with Crippen LogP contribution < -0.4 is 11.1 Å². The van der Waals surface area contributed by atoms with Crippen molar-refractivity contribution in [3.8, 4) is 0 Å². The molecule has 1 aromatic heterocycles. The van der Waals surface area contributed by atoms with Gasteiger partial charge in [0, 0.05) is 0 Å². The van der Waals surface area contributed by atoms with E-state index in [2.05, 4.69) is 9.97 Å². The molecular formula is C7H7F3N4O. The third-order valence-corrected chi connectivity index (χ3v) is 1.35. The lowest BCUT2D eigenvalue weighted by atomic mass is 10.4. The summed E-state index contributed by atoms with van der Waals surface area (Å²) in [5.74, 6) is -0.859. The van der Waals surface area contributed by atoms with Crippen molar-refractivity contribution in [3.05, 3.63) is 18.1 Å². The molecule has 0 aliphatic rings. The summed E-state index contributed by atoms with van der Waals surface area (Å²) >= 11 is 0. The molecule has 3 N–H and O–H groups in total. The van der Waals surface area contributed by atoms with Crippen LogP contribution in [0.2, 0.25) is 0 Å². The van der Waals surface area contributed by atoms with E-state index in [4.69, 9.17) is 5.73 Å². The van der Waals surface area contributed by atoms with Crippen LogP contribution in [0.5, 0.6) is 0 Å². The van der Waals surface area contributed by atoms with Crippen molar-refractivity contribution in [1.29, 1.82) is 0 Å². The number of aromatic nitrogens is 2. The van der Waals surface area contributed by atoms with E-state index in [-0.39, 0.29) is 11.5 Å². The summed E-state index contributed by atoms with van der Waals surface area (Å²) < 4.78 is 35.2. The van der Waals surface area contributed by atoms with E-state index in [1.54, 1.807) is 5.32 Å². The van der Waals surface area contributed by atoms with Gasteiger partial charge in [0.2, 0.25) is 0 Å². The smallest absolute Gasteiger partial charge is 0.382 e. The number of amides is 1. The van der Waals surface area contributed by atoms with Gasteiger partial charge in [-0.05, 0) is 0 Å². The number of carbonyl (C=O) groups excluding carboxylic acids is 1.